The van der Waals surface area contributed by atoms with Gasteiger partial charge in [0.25, 0.3) is 5.91 Å². The third-order valence-electron chi connectivity index (χ3n) is 2.86. The molecule has 0 bridgehead atoms. The van der Waals surface area contributed by atoms with Crippen molar-refractivity contribution in [1.82, 2.24) is 4.90 Å². The third kappa shape index (κ3) is 3.86. The van der Waals surface area contributed by atoms with Crippen LogP contribution < -0.4 is 9.47 Å². The first-order chi connectivity index (χ1) is 9.58. The lowest BCUT2D eigenvalue weighted by molar-refractivity contribution is 0.0501. The van der Waals surface area contributed by atoms with Gasteiger partial charge in [0, 0.05) is 25.8 Å². The van der Waals surface area contributed by atoms with E-state index in [1.807, 2.05) is 13.8 Å². The molecule has 0 aliphatic rings. The first kappa shape index (κ1) is 16.8. The van der Waals surface area contributed by atoms with Crippen LogP contribution in [0, 0.1) is 0 Å². The number of hydrogen-bond donors (Lipinski definition) is 0. The summed E-state index contributed by atoms with van der Waals surface area (Å²) in [6.45, 7) is 5.30. The Kier molecular flexibility index (Phi) is 6.81. The Morgan fingerprint density at radius 3 is 2.30 bits per heavy atom. The molecule has 1 aromatic carbocycles. The number of carbonyl (C=O) groups is 1. The highest BCUT2D eigenvalue weighted by molar-refractivity contribution is 9.10. The molecule has 6 heteroatoms. The van der Waals surface area contributed by atoms with Crippen LogP contribution >= 0.6 is 15.9 Å². The monoisotopic (exact) mass is 345 g/mol. The predicted molar refractivity (Wildman–Crippen MR) is 80.4 cm³/mol. The first-order valence-corrected chi connectivity index (χ1v) is 7.16. The molecule has 1 aromatic rings. The van der Waals surface area contributed by atoms with E-state index in [4.69, 9.17) is 14.2 Å². The summed E-state index contributed by atoms with van der Waals surface area (Å²) in [5.74, 6) is 1.01. The maximum absolute atomic E-state index is 12.4. The van der Waals surface area contributed by atoms with E-state index < -0.39 is 0 Å². The molecule has 0 radical (unpaired) electrons. The quantitative estimate of drug-likeness (QED) is 0.713. The highest BCUT2D eigenvalue weighted by Crippen LogP contribution is 2.36. The second-order valence-electron chi connectivity index (χ2n) is 4.02. The average molecular weight is 346 g/mol. The number of carbonyl (C=O) groups excluding carboxylic acids is 1. The molecular weight excluding hydrogens is 326 g/mol. The molecule has 0 unspecified atom stereocenters. The summed E-state index contributed by atoms with van der Waals surface area (Å²) < 4.78 is 16.3. The van der Waals surface area contributed by atoms with E-state index in [0.29, 0.717) is 34.6 Å². The number of amides is 1. The van der Waals surface area contributed by atoms with E-state index in [-0.39, 0.29) is 12.7 Å². The van der Waals surface area contributed by atoms with Gasteiger partial charge in [-0.2, -0.15) is 0 Å². The van der Waals surface area contributed by atoms with Crippen molar-refractivity contribution in [2.45, 2.75) is 13.8 Å². The molecule has 0 atom stereocenters. The Labute approximate surface area is 127 Å². The summed E-state index contributed by atoms with van der Waals surface area (Å²) in [5, 5.41) is 0. The number of halogens is 1. The summed E-state index contributed by atoms with van der Waals surface area (Å²) in [6.07, 6.45) is 0. The van der Waals surface area contributed by atoms with Crippen LogP contribution in [0.5, 0.6) is 11.5 Å². The van der Waals surface area contributed by atoms with Crippen molar-refractivity contribution in [2.24, 2.45) is 0 Å². The van der Waals surface area contributed by atoms with Gasteiger partial charge in [-0.3, -0.25) is 4.79 Å². The van der Waals surface area contributed by atoms with Crippen molar-refractivity contribution >= 4 is 21.8 Å². The summed E-state index contributed by atoms with van der Waals surface area (Å²) >= 11 is 3.40. The van der Waals surface area contributed by atoms with Gasteiger partial charge < -0.3 is 19.1 Å². The number of benzene rings is 1. The van der Waals surface area contributed by atoms with Gasteiger partial charge in [-0.25, -0.2) is 0 Å². The molecule has 0 saturated carbocycles. The zero-order chi connectivity index (χ0) is 15.1. The third-order valence-corrected chi connectivity index (χ3v) is 3.64. The molecule has 0 aliphatic heterocycles. The summed E-state index contributed by atoms with van der Waals surface area (Å²) in [5.41, 5.74) is 0.528. The fourth-order valence-corrected chi connectivity index (χ4v) is 2.27. The molecule has 20 heavy (non-hydrogen) atoms. The molecule has 1 amide bonds. The van der Waals surface area contributed by atoms with E-state index >= 15 is 0 Å². The fourth-order valence-electron chi connectivity index (χ4n) is 1.77. The molecule has 0 aromatic heterocycles. The van der Waals surface area contributed by atoms with Gasteiger partial charge in [-0.1, -0.05) is 0 Å². The maximum atomic E-state index is 12.4. The van der Waals surface area contributed by atoms with Gasteiger partial charge in [0.1, 0.15) is 16.0 Å². The second-order valence-corrected chi connectivity index (χ2v) is 4.81. The Morgan fingerprint density at radius 2 is 1.80 bits per heavy atom. The highest BCUT2D eigenvalue weighted by Gasteiger charge is 2.18. The van der Waals surface area contributed by atoms with Crippen LogP contribution in [0.15, 0.2) is 16.6 Å². The number of methoxy groups -OCH3 is 2. The minimum Gasteiger partial charge on any atom is -0.495 e. The summed E-state index contributed by atoms with van der Waals surface area (Å²) in [7, 11) is 3.09. The van der Waals surface area contributed by atoms with Gasteiger partial charge in [0.15, 0.2) is 6.79 Å². The van der Waals surface area contributed by atoms with Crippen LogP contribution in [0.3, 0.4) is 0 Å². The van der Waals surface area contributed by atoms with Crippen LogP contribution in [-0.2, 0) is 4.74 Å². The molecule has 1 rings (SSSR count). The standard InChI is InChI=1S/C14H20BrNO4/c1-5-16(6-2)14(17)10-7-11(19-4)13(15)12(8-10)20-9-18-3/h7-8H,5-6,9H2,1-4H3. The molecule has 0 spiro atoms. The van der Waals surface area contributed by atoms with Crippen molar-refractivity contribution in [3.8, 4) is 11.5 Å². The predicted octanol–water partition coefficient (Wildman–Crippen LogP) is 2.92. The minimum absolute atomic E-state index is 0.0527. The van der Waals surface area contributed by atoms with E-state index in [9.17, 15) is 4.79 Å². The lowest BCUT2D eigenvalue weighted by Gasteiger charge is -2.20. The fraction of sp³-hybridized carbons (Fsp3) is 0.500. The Bertz CT molecular complexity index is 461. The van der Waals surface area contributed by atoms with E-state index in [1.165, 1.54) is 7.11 Å². The van der Waals surface area contributed by atoms with Crippen LogP contribution in [0.25, 0.3) is 0 Å². The molecule has 0 heterocycles. The normalized spacial score (nSPS) is 10.2. The van der Waals surface area contributed by atoms with Crippen molar-refractivity contribution in [3.05, 3.63) is 22.2 Å². The van der Waals surface area contributed by atoms with Crippen LogP contribution in [-0.4, -0.2) is 44.9 Å². The van der Waals surface area contributed by atoms with Gasteiger partial charge in [-0.15, -0.1) is 0 Å². The van der Waals surface area contributed by atoms with Gasteiger partial charge in [0.2, 0.25) is 0 Å². The molecule has 0 saturated heterocycles. The first-order valence-electron chi connectivity index (χ1n) is 6.37. The minimum atomic E-state index is -0.0527. The van der Waals surface area contributed by atoms with Crippen LogP contribution in [0.4, 0.5) is 0 Å². The Hall–Kier alpha value is -1.27. The smallest absolute Gasteiger partial charge is 0.254 e. The Balaban J connectivity index is 3.16. The Morgan fingerprint density at radius 1 is 1.20 bits per heavy atom. The average Bonchev–Trinajstić information content (AvgIpc) is 2.47. The second kappa shape index (κ2) is 8.11. The number of ether oxygens (including phenoxy) is 3. The summed E-state index contributed by atoms with van der Waals surface area (Å²) in [4.78, 5) is 14.1. The van der Waals surface area contributed by atoms with Gasteiger partial charge in [0.05, 0.1) is 7.11 Å². The molecule has 0 N–H and O–H groups in total. The lowest BCUT2D eigenvalue weighted by atomic mass is 10.1. The van der Waals surface area contributed by atoms with Crippen molar-refractivity contribution in [1.29, 1.82) is 0 Å². The van der Waals surface area contributed by atoms with Crippen molar-refractivity contribution in [3.63, 3.8) is 0 Å². The zero-order valence-corrected chi connectivity index (χ0v) is 13.8. The van der Waals surface area contributed by atoms with E-state index in [2.05, 4.69) is 15.9 Å². The SMILES string of the molecule is CCN(CC)C(=O)c1cc(OC)c(Br)c(OCOC)c1. The molecule has 112 valence electrons. The van der Waals surface area contributed by atoms with Crippen molar-refractivity contribution < 1.29 is 19.0 Å². The van der Waals surface area contributed by atoms with Gasteiger partial charge in [-0.05, 0) is 41.9 Å². The maximum Gasteiger partial charge on any atom is 0.254 e. The van der Waals surface area contributed by atoms with Crippen molar-refractivity contribution in [2.75, 3.05) is 34.1 Å². The topological polar surface area (TPSA) is 48.0 Å². The zero-order valence-electron chi connectivity index (χ0n) is 12.2. The summed E-state index contributed by atoms with van der Waals surface area (Å²) in [6, 6.07) is 3.39. The van der Waals surface area contributed by atoms with Crippen LogP contribution in [0.1, 0.15) is 24.2 Å². The lowest BCUT2D eigenvalue weighted by Crippen LogP contribution is -2.30. The number of hydrogen-bond acceptors (Lipinski definition) is 4. The molecule has 0 fully saturated rings. The van der Waals surface area contributed by atoms with Crippen LogP contribution in [0.2, 0.25) is 0 Å². The number of rotatable bonds is 7. The largest absolute Gasteiger partial charge is 0.495 e. The van der Waals surface area contributed by atoms with Gasteiger partial charge >= 0.3 is 0 Å². The highest BCUT2D eigenvalue weighted by atomic mass is 79.9. The van der Waals surface area contributed by atoms with E-state index in [0.717, 1.165) is 0 Å². The van der Waals surface area contributed by atoms with E-state index in [1.54, 1.807) is 24.1 Å². The molecular formula is C14H20BrNO4. The number of nitrogens with zero attached hydrogens (tertiary/aromatic N) is 1. The molecule has 5 nitrogen and oxygen atoms in total. The molecule has 0 aliphatic carbocycles.